The lowest BCUT2D eigenvalue weighted by Crippen LogP contribution is -2.54. The molecule has 2 rings (SSSR count). The average Bonchev–Trinajstić information content (AvgIpc) is 2.48. The minimum absolute atomic E-state index is 0.230. The van der Waals surface area contributed by atoms with Crippen LogP contribution in [0.3, 0.4) is 0 Å². The van der Waals surface area contributed by atoms with Crippen molar-refractivity contribution in [1.82, 2.24) is 15.3 Å². The number of hydrogen-bond donors (Lipinski definition) is 1. The van der Waals surface area contributed by atoms with Gasteiger partial charge in [0, 0.05) is 38.3 Å². The quantitative estimate of drug-likeness (QED) is 0.513. The van der Waals surface area contributed by atoms with E-state index in [1.54, 1.807) is 5.01 Å². The van der Waals surface area contributed by atoms with E-state index in [2.05, 4.69) is 5.32 Å². The first kappa shape index (κ1) is 8.40. The number of rotatable bonds is 1. The third-order valence-corrected chi connectivity index (χ3v) is 2.16. The molecule has 0 radical (unpaired) electrons. The number of hydrogen-bond acceptors (Lipinski definition) is 4. The van der Waals surface area contributed by atoms with Crippen LogP contribution < -0.4 is 5.32 Å². The molecule has 0 aromatic heterocycles. The molecule has 1 saturated heterocycles. The molecule has 1 fully saturated rings. The van der Waals surface area contributed by atoms with Crippen molar-refractivity contribution in [2.45, 2.75) is 0 Å². The number of nitrogens with zero attached hydrogens (tertiary/aromatic N) is 2. The summed E-state index contributed by atoms with van der Waals surface area (Å²) in [6.07, 6.45) is 2.62. The first-order valence-corrected chi connectivity index (χ1v) is 4.31. The molecule has 0 atom stereocenters. The number of hydrazine groups is 1. The standard InChI is InChI=1S/C8H11N3O2/c12-7-1-2-8(13)11(7)10-5-3-9-4-6-10/h1-2,9H,3-6H2. The van der Waals surface area contributed by atoms with Crippen molar-refractivity contribution >= 4 is 11.8 Å². The van der Waals surface area contributed by atoms with E-state index in [0.717, 1.165) is 13.1 Å². The molecular weight excluding hydrogens is 170 g/mol. The molecule has 0 aliphatic carbocycles. The van der Waals surface area contributed by atoms with Crippen LogP contribution in [0.25, 0.3) is 0 Å². The van der Waals surface area contributed by atoms with Gasteiger partial charge in [0.1, 0.15) is 0 Å². The fourth-order valence-electron chi connectivity index (χ4n) is 1.52. The van der Waals surface area contributed by atoms with Gasteiger partial charge in [-0.15, -0.1) is 0 Å². The highest BCUT2D eigenvalue weighted by atomic mass is 16.2. The molecular formula is C8H11N3O2. The Labute approximate surface area is 76.0 Å². The Balaban J connectivity index is 2.07. The lowest BCUT2D eigenvalue weighted by atomic mass is 10.4. The summed E-state index contributed by atoms with van der Waals surface area (Å²) in [4.78, 5) is 22.5. The fraction of sp³-hybridized carbons (Fsp3) is 0.500. The molecule has 70 valence electrons. The third-order valence-electron chi connectivity index (χ3n) is 2.16. The summed E-state index contributed by atoms with van der Waals surface area (Å²) in [7, 11) is 0. The normalized spacial score (nSPS) is 24.5. The molecule has 2 aliphatic heterocycles. The van der Waals surface area contributed by atoms with Crippen molar-refractivity contribution in [3.63, 3.8) is 0 Å². The molecule has 2 aliphatic rings. The van der Waals surface area contributed by atoms with E-state index in [4.69, 9.17) is 0 Å². The maximum absolute atomic E-state index is 11.2. The Kier molecular flexibility index (Phi) is 2.12. The number of piperazine rings is 1. The fourth-order valence-corrected chi connectivity index (χ4v) is 1.52. The Morgan fingerprint density at radius 3 is 2.15 bits per heavy atom. The van der Waals surface area contributed by atoms with Crippen molar-refractivity contribution in [2.75, 3.05) is 26.2 Å². The lowest BCUT2D eigenvalue weighted by molar-refractivity contribution is -0.156. The number of nitrogens with one attached hydrogen (secondary N) is 1. The maximum atomic E-state index is 11.2. The first-order valence-electron chi connectivity index (χ1n) is 4.31. The topological polar surface area (TPSA) is 52.7 Å². The van der Waals surface area contributed by atoms with Crippen LogP contribution in [0.15, 0.2) is 12.2 Å². The van der Waals surface area contributed by atoms with Gasteiger partial charge < -0.3 is 5.32 Å². The van der Waals surface area contributed by atoms with E-state index < -0.39 is 0 Å². The van der Waals surface area contributed by atoms with Gasteiger partial charge in [-0.25, -0.2) is 10.0 Å². The summed E-state index contributed by atoms with van der Waals surface area (Å²) in [5, 5.41) is 6.14. The van der Waals surface area contributed by atoms with Crippen LogP contribution in [-0.4, -0.2) is 48.0 Å². The van der Waals surface area contributed by atoms with Crippen LogP contribution in [-0.2, 0) is 9.59 Å². The first-order chi connectivity index (χ1) is 6.29. The monoisotopic (exact) mass is 181 g/mol. The Morgan fingerprint density at radius 1 is 1.08 bits per heavy atom. The molecule has 0 aromatic rings. The number of amides is 2. The second-order valence-electron chi connectivity index (χ2n) is 3.03. The van der Waals surface area contributed by atoms with Crippen molar-refractivity contribution < 1.29 is 9.59 Å². The SMILES string of the molecule is O=C1C=CC(=O)N1N1CCNCC1. The third kappa shape index (κ3) is 1.48. The minimum Gasteiger partial charge on any atom is -0.314 e. The maximum Gasteiger partial charge on any atom is 0.268 e. The van der Waals surface area contributed by atoms with Crippen LogP contribution in [0.2, 0.25) is 0 Å². The van der Waals surface area contributed by atoms with Crippen LogP contribution in [0, 0.1) is 0 Å². The van der Waals surface area contributed by atoms with Gasteiger partial charge >= 0.3 is 0 Å². The largest absolute Gasteiger partial charge is 0.314 e. The minimum atomic E-state index is -0.230. The molecule has 0 aromatic carbocycles. The van der Waals surface area contributed by atoms with Gasteiger partial charge in [-0.3, -0.25) is 9.59 Å². The van der Waals surface area contributed by atoms with Gasteiger partial charge in [-0.2, -0.15) is 0 Å². The Hall–Kier alpha value is -1.20. The summed E-state index contributed by atoms with van der Waals surface area (Å²) in [5.41, 5.74) is 0. The number of carbonyl (C=O) groups is 2. The van der Waals surface area contributed by atoms with Gasteiger partial charge in [0.05, 0.1) is 0 Å². The predicted octanol–water partition coefficient (Wildman–Crippen LogP) is -1.27. The highest BCUT2D eigenvalue weighted by Gasteiger charge is 2.30. The zero-order chi connectivity index (χ0) is 9.26. The molecule has 0 saturated carbocycles. The summed E-state index contributed by atoms with van der Waals surface area (Å²) in [6.45, 7) is 3.05. The van der Waals surface area contributed by atoms with Crippen LogP contribution >= 0.6 is 0 Å². The number of carbonyl (C=O) groups excluding carboxylic acids is 2. The van der Waals surface area contributed by atoms with E-state index in [1.807, 2.05) is 0 Å². The zero-order valence-corrected chi connectivity index (χ0v) is 7.19. The van der Waals surface area contributed by atoms with Crippen LogP contribution in [0.1, 0.15) is 0 Å². The molecule has 13 heavy (non-hydrogen) atoms. The molecule has 0 unspecified atom stereocenters. The second kappa shape index (κ2) is 3.27. The highest BCUT2D eigenvalue weighted by Crippen LogP contribution is 2.08. The van der Waals surface area contributed by atoms with E-state index in [-0.39, 0.29) is 11.8 Å². The summed E-state index contributed by atoms with van der Waals surface area (Å²) < 4.78 is 0. The summed E-state index contributed by atoms with van der Waals surface area (Å²) in [6, 6.07) is 0. The molecule has 5 heteroatoms. The molecule has 1 N–H and O–H groups in total. The molecule has 5 nitrogen and oxygen atoms in total. The van der Waals surface area contributed by atoms with Gasteiger partial charge in [-0.1, -0.05) is 0 Å². The van der Waals surface area contributed by atoms with Crippen molar-refractivity contribution in [1.29, 1.82) is 0 Å². The van der Waals surface area contributed by atoms with Crippen LogP contribution in [0.5, 0.6) is 0 Å². The van der Waals surface area contributed by atoms with Crippen molar-refractivity contribution in [3.8, 4) is 0 Å². The van der Waals surface area contributed by atoms with Gasteiger partial charge in [-0.05, 0) is 0 Å². The molecule has 0 bridgehead atoms. The summed E-state index contributed by atoms with van der Waals surface area (Å²) in [5.74, 6) is -0.459. The Morgan fingerprint density at radius 2 is 1.62 bits per heavy atom. The van der Waals surface area contributed by atoms with E-state index in [1.165, 1.54) is 17.2 Å². The van der Waals surface area contributed by atoms with E-state index in [0.29, 0.717) is 13.1 Å². The number of imide groups is 1. The molecule has 2 heterocycles. The van der Waals surface area contributed by atoms with Crippen LogP contribution in [0.4, 0.5) is 0 Å². The average molecular weight is 181 g/mol. The van der Waals surface area contributed by atoms with Gasteiger partial charge in [0.2, 0.25) is 0 Å². The predicted molar refractivity (Wildman–Crippen MR) is 45.4 cm³/mol. The lowest BCUT2D eigenvalue weighted by Gasteiger charge is -2.33. The second-order valence-corrected chi connectivity index (χ2v) is 3.03. The highest BCUT2D eigenvalue weighted by molar-refractivity contribution is 6.12. The van der Waals surface area contributed by atoms with Gasteiger partial charge in [0.15, 0.2) is 0 Å². The molecule has 2 amide bonds. The van der Waals surface area contributed by atoms with E-state index in [9.17, 15) is 9.59 Å². The molecule has 0 spiro atoms. The van der Waals surface area contributed by atoms with Gasteiger partial charge in [0.25, 0.3) is 11.8 Å². The van der Waals surface area contributed by atoms with Crippen molar-refractivity contribution in [3.05, 3.63) is 12.2 Å². The smallest absolute Gasteiger partial charge is 0.268 e. The zero-order valence-electron chi connectivity index (χ0n) is 7.19. The summed E-state index contributed by atoms with van der Waals surface area (Å²) >= 11 is 0. The Bertz CT molecular complexity index is 251. The van der Waals surface area contributed by atoms with Crippen molar-refractivity contribution in [2.24, 2.45) is 0 Å². The van der Waals surface area contributed by atoms with E-state index >= 15 is 0 Å².